The lowest BCUT2D eigenvalue weighted by Crippen LogP contribution is -2.40. The van der Waals surface area contributed by atoms with E-state index in [9.17, 15) is 13.9 Å². The van der Waals surface area contributed by atoms with Crippen molar-refractivity contribution in [2.75, 3.05) is 18.0 Å². The van der Waals surface area contributed by atoms with Gasteiger partial charge < -0.3 is 10.0 Å². The molecule has 1 aliphatic heterocycles. The molecule has 2 atom stereocenters. The second kappa shape index (κ2) is 6.12. The van der Waals surface area contributed by atoms with Gasteiger partial charge in [0.15, 0.2) is 5.82 Å². The number of piperidine rings is 1. The first kappa shape index (κ1) is 15.1. The van der Waals surface area contributed by atoms with Crippen molar-refractivity contribution in [3.8, 4) is 0 Å². The third-order valence-electron chi connectivity index (χ3n) is 4.24. The average Bonchev–Trinajstić information content (AvgIpc) is 2.53. The Morgan fingerprint density at radius 2 is 2.05 bits per heavy atom. The Bertz CT molecular complexity index is 663. The predicted molar refractivity (Wildman–Crippen MR) is 81.1 cm³/mol. The van der Waals surface area contributed by atoms with E-state index in [0.29, 0.717) is 17.9 Å². The maximum absolute atomic E-state index is 13.1. The SMILES string of the molecule is CC(O)C1CCCN(c2nc(C(F)F)nc3ccccc23)C1. The van der Waals surface area contributed by atoms with Gasteiger partial charge in [0.25, 0.3) is 6.43 Å². The van der Waals surface area contributed by atoms with E-state index in [0.717, 1.165) is 24.8 Å². The highest BCUT2D eigenvalue weighted by Crippen LogP contribution is 2.30. The molecule has 1 saturated heterocycles. The van der Waals surface area contributed by atoms with Gasteiger partial charge in [0.05, 0.1) is 11.6 Å². The third kappa shape index (κ3) is 2.88. The minimum Gasteiger partial charge on any atom is -0.393 e. The van der Waals surface area contributed by atoms with Crippen LogP contribution in [0.25, 0.3) is 10.9 Å². The van der Waals surface area contributed by atoms with E-state index >= 15 is 0 Å². The van der Waals surface area contributed by atoms with E-state index < -0.39 is 18.4 Å². The molecule has 0 bridgehead atoms. The summed E-state index contributed by atoms with van der Waals surface area (Å²) >= 11 is 0. The molecule has 4 nitrogen and oxygen atoms in total. The first-order chi connectivity index (χ1) is 10.6. The average molecular weight is 307 g/mol. The second-order valence-corrected chi connectivity index (χ2v) is 5.81. The van der Waals surface area contributed by atoms with Crippen LogP contribution in [0.4, 0.5) is 14.6 Å². The maximum atomic E-state index is 13.1. The van der Waals surface area contributed by atoms with Crippen LogP contribution in [0.15, 0.2) is 24.3 Å². The lowest BCUT2D eigenvalue weighted by molar-refractivity contribution is 0.114. The molecule has 0 aliphatic carbocycles. The number of halogens is 2. The lowest BCUT2D eigenvalue weighted by Gasteiger charge is -2.35. The van der Waals surface area contributed by atoms with Gasteiger partial charge in [-0.15, -0.1) is 0 Å². The molecule has 2 unspecified atom stereocenters. The van der Waals surface area contributed by atoms with Crippen molar-refractivity contribution in [2.24, 2.45) is 5.92 Å². The quantitative estimate of drug-likeness (QED) is 0.946. The van der Waals surface area contributed by atoms with Gasteiger partial charge >= 0.3 is 0 Å². The number of hydrogen-bond acceptors (Lipinski definition) is 4. The number of anilines is 1. The molecule has 1 aromatic heterocycles. The molecule has 0 radical (unpaired) electrons. The normalized spacial score (nSPS) is 20.6. The van der Waals surface area contributed by atoms with Crippen molar-refractivity contribution in [2.45, 2.75) is 32.3 Å². The summed E-state index contributed by atoms with van der Waals surface area (Å²) < 4.78 is 26.1. The summed E-state index contributed by atoms with van der Waals surface area (Å²) in [5.74, 6) is 0.247. The fourth-order valence-electron chi connectivity index (χ4n) is 3.01. The number of para-hydroxylation sites is 1. The molecule has 6 heteroatoms. The van der Waals surface area contributed by atoms with Crippen LogP contribution in [0.1, 0.15) is 32.0 Å². The van der Waals surface area contributed by atoms with Gasteiger partial charge in [-0.2, -0.15) is 0 Å². The molecule has 118 valence electrons. The molecule has 1 fully saturated rings. The minimum absolute atomic E-state index is 0.137. The first-order valence-corrected chi connectivity index (χ1v) is 7.54. The number of aromatic nitrogens is 2. The van der Waals surface area contributed by atoms with E-state index in [2.05, 4.69) is 9.97 Å². The monoisotopic (exact) mass is 307 g/mol. The van der Waals surface area contributed by atoms with Crippen LogP contribution in [0, 0.1) is 5.92 Å². The number of hydrogen-bond donors (Lipinski definition) is 1. The smallest absolute Gasteiger partial charge is 0.297 e. The maximum Gasteiger partial charge on any atom is 0.297 e. The number of alkyl halides is 2. The molecule has 0 amide bonds. The molecular formula is C16H19F2N3O. The third-order valence-corrected chi connectivity index (χ3v) is 4.24. The van der Waals surface area contributed by atoms with E-state index in [1.165, 1.54) is 0 Å². The number of benzene rings is 1. The van der Waals surface area contributed by atoms with Gasteiger partial charge in [-0.1, -0.05) is 12.1 Å². The number of nitrogens with zero attached hydrogens (tertiary/aromatic N) is 3. The van der Waals surface area contributed by atoms with E-state index in [4.69, 9.17) is 0 Å². The first-order valence-electron chi connectivity index (χ1n) is 7.54. The Morgan fingerprint density at radius 1 is 1.27 bits per heavy atom. The largest absolute Gasteiger partial charge is 0.393 e. The van der Waals surface area contributed by atoms with Crippen molar-refractivity contribution in [1.29, 1.82) is 0 Å². The molecule has 22 heavy (non-hydrogen) atoms. The van der Waals surface area contributed by atoms with Gasteiger partial charge in [-0.3, -0.25) is 0 Å². The highest BCUT2D eigenvalue weighted by Gasteiger charge is 2.26. The molecular weight excluding hydrogens is 288 g/mol. The highest BCUT2D eigenvalue weighted by atomic mass is 19.3. The lowest BCUT2D eigenvalue weighted by atomic mass is 9.93. The van der Waals surface area contributed by atoms with Crippen LogP contribution in [0.3, 0.4) is 0 Å². The molecule has 1 N–H and O–H groups in total. The van der Waals surface area contributed by atoms with E-state index in [-0.39, 0.29) is 5.92 Å². The molecule has 1 aromatic carbocycles. The predicted octanol–water partition coefficient (Wildman–Crippen LogP) is 3.16. The van der Waals surface area contributed by atoms with Gasteiger partial charge in [0.2, 0.25) is 0 Å². The van der Waals surface area contributed by atoms with Crippen LogP contribution in [-0.2, 0) is 0 Å². The zero-order valence-electron chi connectivity index (χ0n) is 12.4. The van der Waals surface area contributed by atoms with Crippen LogP contribution < -0.4 is 4.90 Å². The fourth-order valence-corrected chi connectivity index (χ4v) is 3.01. The standard InChI is InChI=1S/C16H19F2N3O/c1-10(22)11-5-4-8-21(9-11)16-12-6-2-3-7-13(12)19-15(20-16)14(17)18/h2-3,6-7,10-11,14,22H,4-5,8-9H2,1H3. The Hall–Kier alpha value is -1.82. The molecule has 3 rings (SSSR count). The Labute approximate surface area is 127 Å². The minimum atomic E-state index is -2.69. The molecule has 2 heterocycles. The van der Waals surface area contributed by atoms with Crippen LogP contribution in [0.5, 0.6) is 0 Å². The van der Waals surface area contributed by atoms with E-state index in [1.807, 2.05) is 17.0 Å². The van der Waals surface area contributed by atoms with Gasteiger partial charge in [0, 0.05) is 24.4 Å². The number of aliphatic hydroxyl groups excluding tert-OH is 1. The number of fused-ring (bicyclic) bond motifs is 1. The molecule has 1 aliphatic rings. The summed E-state index contributed by atoms with van der Waals surface area (Å²) in [5.41, 5.74) is 0.530. The summed E-state index contributed by atoms with van der Waals surface area (Å²) in [6, 6.07) is 7.21. The van der Waals surface area contributed by atoms with Crippen LogP contribution in [0.2, 0.25) is 0 Å². The molecule has 0 spiro atoms. The van der Waals surface area contributed by atoms with Crippen molar-refractivity contribution in [3.05, 3.63) is 30.1 Å². The summed E-state index contributed by atoms with van der Waals surface area (Å²) in [6.07, 6.45) is -1.25. The zero-order chi connectivity index (χ0) is 15.7. The summed E-state index contributed by atoms with van der Waals surface area (Å²) in [7, 11) is 0. The Morgan fingerprint density at radius 3 is 2.77 bits per heavy atom. The molecule has 0 saturated carbocycles. The summed E-state index contributed by atoms with van der Waals surface area (Å²) in [5, 5.41) is 10.6. The van der Waals surface area contributed by atoms with Crippen molar-refractivity contribution < 1.29 is 13.9 Å². The second-order valence-electron chi connectivity index (χ2n) is 5.81. The Balaban J connectivity index is 2.04. The van der Waals surface area contributed by atoms with Crippen molar-refractivity contribution >= 4 is 16.7 Å². The fraction of sp³-hybridized carbons (Fsp3) is 0.500. The van der Waals surface area contributed by atoms with Crippen LogP contribution in [-0.4, -0.2) is 34.3 Å². The Kier molecular flexibility index (Phi) is 4.20. The zero-order valence-corrected chi connectivity index (χ0v) is 12.4. The van der Waals surface area contributed by atoms with Crippen molar-refractivity contribution in [1.82, 2.24) is 9.97 Å². The highest BCUT2D eigenvalue weighted by molar-refractivity contribution is 5.89. The van der Waals surface area contributed by atoms with Gasteiger partial charge in [0.1, 0.15) is 5.82 Å². The van der Waals surface area contributed by atoms with Crippen LogP contribution >= 0.6 is 0 Å². The van der Waals surface area contributed by atoms with Crippen molar-refractivity contribution in [3.63, 3.8) is 0 Å². The van der Waals surface area contributed by atoms with Gasteiger partial charge in [-0.25, -0.2) is 18.7 Å². The number of aliphatic hydroxyl groups is 1. The van der Waals surface area contributed by atoms with Gasteiger partial charge in [-0.05, 0) is 31.9 Å². The number of rotatable bonds is 3. The van der Waals surface area contributed by atoms with E-state index in [1.54, 1.807) is 19.1 Å². The molecule has 2 aromatic rings. The topological polar surface area (TPSA) is 49.2 Å². The summed E-state index contributed by atoms with van der Waals surface area (Å²) in [6.45, 7) is 3.16. The summed E-state index contributed by atoms with van der Waals surface area (Å²) in [4.78, 5) is 10.0.